The molecule has 1 atom stereocenters. The van der Waals surface area contributed by atoms with Gasteiger partial charge in [0, 0.05) is 45.5 Å². The lowest BCUT2D eigenvalue weighted by Crippen LogP contribution is -2.46. The standard InChI is InChI=1S/C23H36N4O4S/c28-22(25-11-5-1-2-6-12-25)19-10-9-15-27(18-19)32(30,31)20-16-21(24-17-20)23(29)26-13-7-3-4-8-14-26/h16-17,19,24H,1-15,18H2/t19-/m0/s1. The fraction of sp³-hybridized carbons (Fsp3) is 0.739. The van der Waals surface area contributed by atoms with Gasteiger partial charge in [-0.1, -0.05) is 25.7 Å². The van der Waals surface area contributed by atoms with Crippen LogP contribution in [0, 0.1) is 5.92 Å². The minimum Gasteiger partial charge on any atom is -0.356 e. The highest BCUT2D eigenvalue weighted by Crippen LogP contribution is 2.27. The van der Waals surface area contributed by atoms with Crippen LogP contribution in [0.2, 0.25) is 0 Å². The van der Waals surface area contributed by atoms with E-state index < -0.39 is 10.0 Å². The van der Waals surface area contributed by atoms with Crippen molar-refractivity contribution in [2.75, 3.05) is 39.3 Å². The summed E-state index contributed by atoms with van der Waals surface area (Å²) >= 11 is 0. The van der Waals surface area contributed by atoms with Crippen LogP contribution in [-0.4, -0.2) is 78.6 Å². The van der Waals surface area contributed by atoms with E-state index in [1.807, 2.05) is 9.80 Å². The first-order chi connectivity index (χ1) is 15.5. The third-order valence-electron chi connectivity index (χ3n) is 7.07. The summed E-state index contributed by atoms with van der Waals surface area (Å²) < 4.78 is 28.1. The quantitative estimate of drug-likeness (QED) is 0.741. The lowest BCUT2D eigenvalue weighted by molar-refractivity contribution is -0.136. The molecule has 1 N–H and O–H groups in total. The normalized spacial score (nSPS) is 24.1. The van der Waals surface area contributed by atoms with Gasteiger partial charge in [-0.15, -0.1) is 0 Å². The van der Waals surface area contributed by atoms with Gasteiger partial charge in [-0.05, 0) is 44.6 Å². The number of nitrogens with one attached hydrogen (secondary N) is 1. The number of hydrogen-bond donors (Lipinski definition) is 1. The molecule has 0 unspecified atom stereocenters. The Kier molecular flexibility index (Phi) is 7.55. The number of carbonyl (C=O) groups is 2. The molecule has 0 radical (unpaired) electrons. The van der Waals surface area contributed by atoms with E-state index in [1.165, 1.54) is 16.6 Å². The predicted octanol–water partition coefficient (Wildman–Crippen LogP) is 2.83. The highest BCUT2D eigenvalue weighted by atomic mass is 32.2. The van der Waals surface area contributed by atoms with Crippen molar-refractivity contribution in [3.05, 3.63) is 18.0 Å². The number of aromatic amines is 1. The van der Waals surface area contributed by atoms with Crippen LogP contribution in [0.1, 0.15) is 74.7 Å². The van der Waals surface area contributed by atoms with Crippen LogP contribution < -0.4 is 0 Å². The summed E-state index contributed by atoms with van der Waals surface area (Å²) in [5.74, 6) is -0.326. The fourth-order valence-corrected chi connectivity index (χ4v) is 6.67. The second kappa shape index (κ2) is 10.4. The molecule has 1 aromatic rings. The number of carbonyl (C=O) groups excluding carboxylic acids is 2. The van der Waals surface area contributed by atoms with Gasteiger partial charge in [-0.3, -0.25) is 9.59 Å². The topological polar surface area (TPSA) is 93.8 Å². The largest absolute Gasteiger partial charge is 0.356 e. The molecule has 4 heterocycles. The summed E-state index contributed by atoms with van der Waals surface area (Å²) in [4.78, 5) is 32.7. The molecule has 3 aliphatic heterocycles. The van der Waals surface area contributed by atoms with Crippen molar-refractivity contribution < 1.29 is 18.0 Å². The first-order valence-corrected chi connectivity index (χ1v) is 13.7. The van der Waals surface area contributed by atoms with Crippen molar-refractivity contribution in [2.24, 2.45) is 5.92 Å². The molecule has 4 rings (SSSR count). The zero-order valence-corrected chi connectivity index (χ0v) is 19.7. The summed E-state index contributed by atoms with van der Waals surface area (Å²) in [7, 11) is -3.76. The van der Waals surface area contributed by atoms with Gasteiger partial charge in [0.15, 0.2) is 0 Å². The first-order valence-electron chi connectivity index (χ1n) is 12.2. The lowest BCUT2D eigenvalue weighted by atomic mass is 9.98. The Balaban J connectivity index is 1.43. The zero-order chi connectivity index (χ0) is 22.6. The maximum absolute atomic E-state index is 13.3. The van der Waals surface area contributed by atoms with Crippen molar-refractivity contribution in [2.45, 2.75) is 69.1 Å². The smallest absolute Gasteiger partial charge is 0.270 e. The Morgan fingerprint density at radius 3 is 2.03 bits per heavy atom. The molecule has 0 spiro atoms. The molecule has 9 heteroatoms. The predicted molar refractivity (Wildman–Crippen MR) is 122 cm³/mol. The van der Waals surface area contributed by atoms with E-state index in [9.17, 15) is 18.0 Å². The highest BCUT2D eigenvalue weighted by molar-refractivity contribution is 7.89. The van der Waals surface area contributed by atoms with E-state index >= 15 is 0 Å². The maximum atomic E-state index is 13.3. The Bertz CT molecular complexity index is 897. The van der Waals surface area contributed by atoms with Gasteiger partial charge >= 0.3 is 0 Å². The molecular formula is C23H36N4O4S. The number of sulfonamides is 1. The highest BCUT2D eigenvalue weighted by Gasteiger charge is 2.36. The molecule has 1 aromatic heterocycles. The minimum atomic E-state index is -3.76. The van der Waals surface area contributed by atoms with Gasteiger partial charge in [-0.25, -0.2) is 8.42 Å². The number of piperidine rings is 1. The Morgan fingerprint density at radius 1 is 0.812 bits per heavy atom. The van der Waals surface area contributed by atoms with E-state index in [2.05, 4.69) is 4.98 Å². The Hall–Kier alpha value is -1.87. The molecule has 3 aliphatic rings. The third kappa shape index (κ3) is 5.20. The monoisotopic (exact) mass is 464 g/mol. The van der Waals surface area contributed by atoms with E-state index in [-0.39, 0.29) is 29.2 Å². The van der Waals surface area contributed by atoms with Crippen LogP contribution in [0.3, 0.4) is 0 Å². The molecule has 32 heavy (non-hydrogen) atoms. The molecular weight excluding hydrogens is 428 g/mol. The Morgan fingerprint density at radius 2 is 1.41 bits per heavy atom. The van der Waals surface area contributed by atoms with Gasteiger partial charge in [0.05, 0.1) is 5.92 Å². The first kappa shape index (κ1) is 23.3. The third-order valence-corrected chi connectivity index (χ3v) is 8.91. The minimum absolute atomic E-state index is 0.0953. The van der Waals surface area contributed by atoms with Crippen LogP contribution in [0.15, 0.2) is 17.2 Å². The van der Waals surface area contributed by atoms with E-state index in [0.717, 1.165) is 70.9 Å². The molecule has 0 aromatic carbocycles. The number of nitrogens with zero attached hydrogens (tertiary/aromatic N) is 3. The molecule has 3 saturated heterocycles. The molecule has 0 aliphatic carbocycles. The number of rotatable bonds is 4. The van der Waals surface area contributed by atoms with Gasteiger partial charge < -0.3 is 14.8 Å². The van der Waals surface area contributed by atoms with Gasteiger partial charge in [0.1, 0.15) is 10.6 Å². The van der Waals surface area contributed by atoms with Crippen LogP contribution in [0.5, 0.6) is 0 Å². The zero-order valence-electron chi connectivity index (χ0n) is 18.9. The van der Waals surface area contributed by atoms with Crippen molar-refractivity contribution in [3.63, 3.8) is 0 Å². The lowest BCUT2D eigenvalue weighted by Gasteiger charge is -2.34. The van der Waals surface area contributed by atoms with E-state index in [1.54, 1.807) is 0 Å². The van der Waals surface area contributed by atoms with Crippen LogP contribution in [-0.2, 0) is 14.8 Å². The summed E-state index contributed by atoms with van der Waals surface area (Å²) in [5, 5.41) is 0. The number of amides is 2. The second-order valence-electron chi connectivity index (χ2n) is 9.40. The molecule has 178 valence electrons. The number of hydrogen-bond acceptors (Lipinski definition) is 4. The molecule has 0 bridgehead atoms. The Labute approximate surface area is 191 Å². The van der Waals surface area contributed by atoms with Gasteiger partial charge in [0.2, 0.25) is 15.9 Å². The van der Waals surface area contributed by atoms with Gasteiger partial charge in [0.25, 0.3) is 5.91 Å². The van der Waals surface area contributed by atoms with E-state index in [0.29, 0.717) is 31.7 Å². The SMILES string of the molecule is O=C(c1cc(S(=O)(=O)N2CCC[C@H](C(=O)N3CCCCCC3)C2)c[nH]1)N1CCCCCC1. The average molecular weight is 465 g/mol. The van der Waals surface area contributed by atoms with Crippen molar-refractivity contribution in [1.82, 2.24) is 19.1 Å². The summed E-state index contributed by atoms with van der Waals surface area (Å²) in [6.07, 6.45) is 11.4. The summed E-state index contributed by atoms with van der Waals surface area (Å²) in [6.45, 7) is 3.62. The molecule has 8 nitrogen and oxygen atoms in total. The number of H-pyrrole nitrogens is 1. The van der Waals surface area contributed by atoms with Gasteiger partial charge in [-0.2, -0.15) is 4.31 Å². The summed E-state index contributed by atoms with van der Waals surface area (Å²) in [5.41, 5.74) is 0.319. The second-order valence-corrected chi connectivity index (χ2v) is 11.3. The molecule has 3 fully saturated rings. The summed E-state index contributed by atoms with van der Waals surface area (Å²) in [6, 6.07) is 1.46. The fourth-order valence-electron chi connectivity index (χ4n) is 5.15. The average Bonchev–Trinajstić information content (AvgIpc) is 2.99. The van der Waals surface area contributed by atoms with Crippen LogP contribution in [0.4, 0.5) is 0 Å². The van der Waals surface area contributed by atoms with Crippen LogP contribution in [0.25, 0.3) is 0 Å². The molecule has 0 saturated carbocycles. The molecule has 2 amide bonds. The van der Waals surface area contributed by atoms with Crippen molar-refractivity contribution in [1.29, 1.82) is 0 Å². The number of likely N-dealkylation sites (tertiary alicyclic amines) is 2. The van der Waals surface area contributed by atoms with Crippen molar-refractivity contribution >= 4 is 21.8 Å². The number of aromatic nitrogens is 1. The van der Waals surface area contributed by atoms with Crippen LogP contribution >= 0.6 is 0 Å². The van der Waals surface area contributed by atoms with E-state index in [4.69, 9.17) is 0 Å². The maximum Gasteiger partial charge on any atom is 0.270 e. The van der Waals surface area contributed by atoms with Crippen molar-refractivity contribution in [3.8, 4) is 0 Å².